The minimum atomic E-state index is -4.55. The Kier molecular flexibility index (Phi) is 5.64. The predicted octanol–water partition coefficient (Wildman–Crippen LogP) is 4.94. The van der Waals surface area contributed by atoms with Crippen molar-refractivity contribution in [3.05, 3.63) is 70.8 Å². The zero-order valence-electron chi connectivity index (χ0n) is 14.6. The van der Waals surface area contributed by atoms with E-state index < -0.39 is 35.1 Å². The van der Waals surface area contributed by atoms with Gasteiger partial charge in [-0.1, -0.05) is 38.1 Å². The van der Waals surface area contributed by atoms with Crippen molar-refractivity contribution in [2.75, 3.05) is 0 Å². The zero-order valence-corrected chi connectivity index (χ0v) is 14.6. The highest BCUT2D eigenvalue weighted by Crippen LogP contribution is 2.38. The molecule has 0 fully saturated rings. The molecule has 0 saturated carbocycles. The summed E-state index contributed by atoms with van der Waals surface area (Å²) < 4.78 is 76.7. The molecule has 0 spiro atoms. The fraction of sp³-hybridized carbons (Fsp3) is 0.368. The van der Waals surface area contributed by atoms with Crippen molar-refractivity contribution in [3.8, 4) is 0 Å². The van der Waals surface area contributed by atoms with E-state index in [4.69, 9.17) is 5.73 Å². The predicted molar refractivity (Wildman–Crippen MR) is 88.7 cm³/mol. The highest BCUT2D eigenvalue weighted by molar-refractivity contribution is 5.41. The Morgan fingerprint density at radius 2 is 0.926 bits per heavy atom. The van der Waals surface area contributed by atoms with Crippen LogP contribution in [0.25, 0.3) is 0 Å². The summed E-state index contributed by atoms with van der Waals surface area (Å²) in [6.45, 7) is 3.40. The molecule has 8 heteroatoms. The lowest BCUT2D eigenvalue weighted by Gasteiger charge is -2.37. The molecule has 0 aliphatic heterocycles. The highest BCUT2D eigenvalue weighted by atomic mass is 19.4. The van der Waals surface area contributed by atoms with E-state index in [9.17, 15) is 31.4 Å². The van der Waals surface area contributed by atoms with E-state index in [1.165, 1.54) is 0 Å². The van der Waals surface area contributed by atoms with Gasteiger partial charge in [0.1, 0.15) is 5.60 Å². The summed E-state index contributed by atoms with van der Waals surface area (Å²) in [5.74, 6) is -0.306. The Hall–Kier alpha value is -2.06. The molecular formula is C19H19F6NO. The van der Waals surface area contributed by atoms with Crippen LogP contribution in [0, 0.1) is 5.92 Å². The molecule has 3 N–H and O–H groups in total. The average molecular weight is 391 g/mol. The first kappa shape index (κ1) is 21.2. The molecule has 0 saturated heterocycles. The van der Waals surface area contributed by atoms with E-state index in [1.807, 2.05) is 0 Å². The van der Waals surface area contributed by atoms with Gasteiger partial charge in [-0.25, -0.2) is 0 Å². The van der Waals surface area contributed by atoms with Crippen molar-refractivity contribution >= 4 is 0 Å². The Labute approximate surface area is 152 Å². The van der Waals surface area contributed by atoms with Gasteiger partial charge < -0.3 is 10.8 Å². The summed E-state index contributed by atoms with van der Waals surface area (Å²) in [5.41, 5.74) is 2.48. The normalized spacial score (nSPS) is 14.5. The van der Waals surface area contributed by atoms with Crippen LogP contribution in [0.1, 0.15) is 36.1 Å². The van der Waals surface area contributed by atoms with Crippen molar-refractivity contribution in [1.82, 2.24) is 0 Å². The summed E-state index contributed by atoms with van der Waals surface area (Å²) in [6, 6.07) is 6.59. The lowest BCUT2D eigenvalue weighted by molar-refractivity contribution is -0.138. The van der Waals surface area contributed by atoms with Crippen LogP contribution in [0.4, 0.5) is 26.3 Å². The number of halogens is 6. The Bertz CT molecular complexity index is 705. The summed E-state index contributed by atoms with van der Waals surface area (Å²) in [7, 11) is 0. The van der Waals surface area contributed by atoms with Crippen molar-refractivity contribution in [2.45, 2.75) is 37.8 Å². The Balaban J connectivity index is 2.56. The van der Waals surface area contributed by atoms with Crippen LogP contribution >= 0.6 is 0 Å². The first-order valence-corrected chi connectivity index (χ1v) is 8.11. The van der Waals surface area contributed by atoms with Crippen LogP contribution in [0.3, 0.4) is 0 Å². The molecule has 2 nitrogen and oxygen atoms in total. The average Bonchev–Trinajstić information content (AvgIpc) is 2.59. The molecule has 0 bridgehead atoms. The smallest absolute Gasteiger partial charge is 0.379 e. The van der Waals surface area contributed by atoms with Gasteiger partial charge in [0.15, 0.2) is 0 Å². The number of aliphatic hydroxyl groups is 1. The number of alkyl halides is 6. The third kappa shape index (κ3) is 4.27. The second-order valence-electron chi connectivity index (χ2n) is 6.69. The minimum Gasteiger partial charge on any atom is -0.379 e. The van der Waals surface area contributed by atoms with Crippen LogP contribution < -0.4 is 5.73 Å². The Morgan fingerprint density at radius 1 is 0.667 bits per heavy atom. The van der Waals surface area contributed by atoms with E-state index in [0.717, 1.165) is 48.5 Å². The van der Waals surface area contributed by atoms with Gasteiger partial charge in [-0.3, -0.25) is 0 Å². The first-order chi connectivity index (χ1) is 12.3. The number of benzene rings is 2. The van der Waals surface area contributed by atoms with Crippen LogP contribution in [-0.4, -0.2) is 11.1 Å². The van der Waals surface area contributed by atoms with Gasteiger partial charge in [0.25, 0.3) is 0 Å². The van der Waals surface area contributed by atoms with Crippen LogP contribution in [0.15, 0.2) is 48.5 Å². The van der Waals surface area contributed by atoms with E-state index in [2.05, 4.69) is 0 Å². The second kappa shape index (κ2) is 7.16. The maximum atomic E-state index is 12.8. The molecule has 0 aliphatic rings. The molecular weight excluding hydrogens is 372 g/mol. The number of rotatable bonds is 4. The molecule has 0 amide bonds. The Morgan fingerprint density at radius 3 is 1.15 bits per heavy atom. The number of hydrogen-bond donors (Lipinski definition) is 2. The number of hydrogen-bond acceptors (Lipinski definition) is 2. The SMILES string of the molecule is CC(C)[C@H](N)C(O)(c1ccc(C(F)(F)F)cc1)c1ccc(C(F)(F)F)cc1. The van der Waals surface area contributed by atoms with Crippen LogP contribution in [-0.2, 0) is 18.0 Å². The summed E-state index contributed by atoms with van der Waals surface area (Å²) in [4.78, 5) is 0. The van der Waals surface area contributed by atoms with Crippen LogP contribution in [0.2, 0.25) is 0 Å². The van der Waals surface area contributed by atoms with Gasteiger partial charge in [-0.2, -0.15) is 26.3 Å². The van der Waals surface area contributed by atoms with E-state index in [1.54, 1.807) is 13.8 Å². The quantitative estimate of drug-likeness (QED) is 0.725. The fourth-order valence-electron chi connectivity index (χ4n) is 2.86. The standard InChI is InChI=1S/C19H19F6NO/c1-11(2)16(26)17(27,12-3-7-14(8-4-12)18(20,21)22)13-5-9-15(10-6-13)19(23,24)25/h3-11,16,27H,26H2,1-2H3/t16-/m0/s1. The van der Waals surface area contributed by atoms with E-state index in [0.29, 0.717) is 0 Å². The monoisotopic (exact) mass is 391 g/mol. The highest BCUT2D eigenvalue weighted by Gasteiger charge is 2.41. The van der Waals surface area contributed by atoms with Gasteiger partial charge in [0.05, 0.1) is 11.1 Å². The molecule has 2 rings (SSSR count). The number of nitrogens with two attached hydrogens (primary N) is 1. The first-order valence-electron chi connectivity index (χ1n) is 8.11. The molecule has 148 valence electrons. The topological polar surface area (TPSA) is 46.2 Å². The molecule has 1 atom stereocenters. The molecule has 2 aromatic rings. The van der Waals surface area contributed by atoms with Crippen molar-refractivity contribution in [3.63, 3.8) is 0 Å². The van der Waals surface area contributed by atoms with Gasteiger partial charge in [0, 0.05) is 6.04 Å². The lowest BCUT2D eigenvalue weighted by Crippen LogP contribution is -2.49. The fourth-order valence-corrected chi connectivity index (χ4v) is 2.86. The maximum Gasteiger partial charge on any atom is 0.416 e. The van der Waals surface area contributed by atoms with Gasteiger partial charge in [-0.05, 0) is 41.3 Å². The maximum absolute atomic E-state index is 12.8. The van der Waals surface area contributed by atoms with E-state index in [-0.39, 0.29) is 17.0 Å². The largest absolute Gasteiger partial charge is 0.416 e. The molecule has 0 aliphatic carbocycles. The van der Waals surface area contributed by atoms with Gasteiger partial charge in [-0.15, -0.1) is 0 Å². The third-order valence-corrected chi connectivity index (χ3v) is 4.51. The van der Waals surface area contributed by atoms with Crippen molar-refractivity contribution < 1.29 is 31.4 Å². The summed E-state index contributed by atoms with van der Waals surface area (Å²) in [6.07, 6.45) is -9.10. The lowest BCUT2D eigenvalue weighted by atomic mass is 9.76. The van der Waals surface area contributed by atoms with E-state index >= 15 is 0 Å². The zero-order chi connectivity index (χ0) is 20.6. The molecule has 0 radical (unpaired) electrons. The van der Waals surface area contributed by atoms with Crippen molar-refractivity contribution in [2.24, 2.45) is 11.7 Å². The molecule has 0 heterocycles. The molecule has 2 aromatic carbocycles. The third-order valence-electron chi connectivity index (χ3n) is 4.51. The summed E-state index contributed by atoms with van der Waals surface area (Å²) in [5, 5.41) is 11.3. The van der Waals surface area contributed by atoms with Crippen molar-refractivity contribution in [1.29, 1.82) is 0 Å². The van der Waals surface area contributed by atoms with Crippen LogP contribution in [0.5, 0.6) is 0 Å². The van der Waals surface area contributed by atoms with Gasteiger partial charge >= 0.3 is 12.4 Å². The molecule has 27 heavy (non-hydrogen) atoms. The van der Waals surface area contributed by atoms with Gasteiger partial charge in [0.2, 0.25) is 0 Å². The molecule has 0 aromatic heterocycles. The minimum absolute atomic E-state index is 0.0662. The molecule has 0 unspecified atom stereocenters. The second-order valence-corrected chi connectivity index (χ2v) is 6.69. The summed E-state index contributed by atoms with van der Waals surface area (Å²) >= 11 is 0.